The lowest BCUT2D eigenvalue weighted by Crippen LogP contribution is -2.22. The highest BCUT2D eigenvalue weighted by atomic mass is 32.1. The van der Waals surface area contributed by atoms with Gasteiger partial charge in [-0.05, 0) is 47.3 Å². The van der Waals surface area contributed by atoms with Crippen LogP contribution in [0.15, 0.2) is 53.4 Å². The number of hydrogen-bond donors (Lipinski definition) is 1. The number of carbonyl (C=O) groups is 1. The van der Waals surface area contributed by atoms with Crippen LogP contribution in [-0.4, -0.2) is 17.7 Å². The van der Waals surface area contributed by atoms with Crippen molar-refractivity contribution in [3.63, 3.8) is 0 Å². The summed E-state index contributed by atoms with van der Waals surface area (Å²) in [7, 11) is 0. The number of benzene rings is 1. The van der Waals surface area contributed by atoms with Crippen LogP contribution in [0.3, 0.4) is 0 Å². The number of fused-ring (bicyclic) bond motifs is 1. The zero-order chi connectivity index (χ0) is 16.4. The van der Waals surface area contributed by atoms with Crippen LogP contribution in [0.1, 0.15) is 15.9 Å². The molecule has 5 nitrogen and oxygen atoms in total. The molecule has 1 aromatic carbocycles. The van der Waals surface area contributed by atoms with Crippen LogP contribution in [-0.2, 0) is 6.54 Å². The van der Waals surface area contributed by atoms with Crippen LogP contribution in [0, 0.1) is 0 Å². The van der Waals surface area contributed by atoms with Crippen molar-refractivity contribution in [1.82, 2.24) is 10.3 Å². The molecule has 0 atom stereocenters. The summed E-state index contributed by atoms with van der Waals surface area (Å²) in [5.74, 6) is 1.12. The van der Waals surface area contributed by atoms with Gasteiger partial charge in [-0.15, -0.1) is 0 Å². The Balaban J connectivity index is 1.45. The van der Waals surface area contributed by atoms with Crippen LogP contribution in [0.2, 0.25) is 0 Å². The molecule has 0 unspecified atom stereocenters. The van der Waals surface area contributed by atoms with Crippen LogP contribution in [0.5, 0.6) is 11.5 Å². The second-order valence-electron chi connectivity index (χ2n) is 5.31. The van der Waals surface area contributed by atoms with E-state index >= 15 is 0 Å². The van der Waals surface area contributed by atoms with Gasteiger partial charge in [-0.25, -0.2) is 0 Å². The molecule has 0 aliphatic carbocycles. The molecular weight excluding hydrogens is 324 g/mol. The molecule has 3 aromatic rings. The molecular formula is C18H14N2O3S. The van der Waals surface area contributed by atoms with Crippen LogP contribution in [0.25, 0.3) is 11.3 Å². The Morgan fingerprint density at radius 3 is 2.96 bits per heavy atom. The monoisotopic (exact) mass is 338 g/mol. The van der Waals surface area contributed by atoms with Gasteiger partial charge in [0.1, 0.15) is 0 Å². The van der Waals surface area contributed by atoms with Crippen LogP contribution >= 0.6 is 11.3 Å². The quantitative estimate of drug-likeness (QED) is 0.791. The van der Waals surface area contributed by atoms with Crippen molar-refractivity contribution in [2.45, 2.75) is 6.54 Å². The van der Waals surface area contributed by atoms with Crippen LogP contribution < -0.4 is 14.8 Å². The van der Waals surface area contributed by atoms with E-state index in [0.29, 0.717) is 23.6 Å². The van der Waals surface area contributed by atoms with Crippen molar-refractivity contribution in [3.8, 4) is 22.8 Å². The molecule has 0 saturated carbocycles. The third-order valence-electron chi connectivity index (χ3n) is 3.73. The van der Waals surface area contributed by atoms with E-state index in [9.17, 15) is 4.79 Å². The first kappa shape index (κ1) is 14.7. The van der Waals surface area contributed by atoms with E-state index in [2.05, 4.69) is 15.7 Å². The number of amides is 1. The Kier molecular flexibility index (Phi) is 3.88. The van der Waals surface area contributed by atoms with E-state index in [1.54, 1.807) is 35.7 Å². The molecule has 1 aliphatic rings. The molecule has 0 radical (unpaired) electrons. The van der Waals surface area contributed by atoms with Crippen molar-refractivity contribution in [1.29, 1.82) is 0 Å². The smallest absolute Gasteiger partial charge is 0.251 e. The lowest BCUT2D eigenvalue weighted by atomic mass is 10.1. The zero-order valence-corrected chi connectivity index (χ0v) is 13.5. The average molecular weight is 338 g/mol. The van der Waals surface area contributed by atoms with Crippen molar-refractivity contribution < 1.29 is 14.3 Å². The molecule has 120 valence electrons. The maximum atomic E-state index is 12.3. The van der Waals surface area contributed by atoms with Gasteiger partial charge in [-0.1, -0.05) is 0 Å². The summed E-state index contributed by atoms with van der Waals surface area (Å²) < 4.78 is 10.6. The van der Waals surface area contributed by atoms with E-state index in [1.165, 1.54) is 0 Å². The van der Waals surface area contributed by atoms with Crippen molar-refractivity contribution >= 4 is 17.2 Å². The molecule has 4 rings (SSSR count). The van der Waals surface area contributed by atoms with Crippen molar-refractivity contribution in [2.24, 2.45) is 0 Å². The number of thiophene rings is 1. The normalized spacial score (nSPS) is 12.2. The highest BCUT2D eigenvalue weighted by molar-refractivity contribution is 7.08. The summed E-state index contributed by atoms with van der Waals surface area (Å²) in [5, 5.41) is 6.99. The summed E-state index contributed by atoms with van der Waals surface area (Å²) in [5.41, 5.74) is 3.54. The van der Waals surface area contributed by atoms with Gasteiger partial charge in [0, 0.05) is 29.2 Å². The average Bonchev–Trinajstić information content (AvgIpc) is 3.30. The summed E-state index contributed by atoms with van der Waals surface area (Å²) in [6.45, 7) is 0.635. The predicted octanol–water partition coefficient (Wildman–Crippen LogP) is 3.47. The fourth-order valence-electron chi connectivity index (χ4n) is 2.47. The van der Waals surface area contributed by atoms with Gasteiger partial charge in [0.15, 0.2) is 11.5 Å². The Morgan fingerprint density at radius 2 is 2.08 bits per heavy atom. The lowest BCUT2D eigenvalue weighted by molar-refractivity contribution is 0.0950. The van der Waals surface area contributed by atoms with Gasteiger partial charge in [-0.3, -0.25) is 9.78 Å². The molecule has 0 spiro atoms. The first-order valence-corrected chi connectivity index (χ1v) is 8.39. The Labute approximate surface area is 142 Å². The number of carbonyl (C=O) groups excluding carboxylic acids is 1. The SMILES string of the molecule is O=C(NCc1ccnc(-c2ccsc2)c1)c1ccc2c(c1)OCO2. The molecule has 1 amide bonds. The number of rotatable bonds is 4. The van der Waals surface area contributed by atoms with Gasteiger partial charge in [0.25, 0.3) is 5.91 Å². The molecule has 0 fully saturated rings. The Bertz CT molecular complexity index is 878. The minimum absolute atomic E-state index is 0.151. The van der Waals surface area contributed by atoms with Crippen molar-refractivity contribution in [2.75, 3.05) is 6.79 Å². The van der Waals surface area contributed by atoms with E-state index in [0.717, 1.165) is 16.8 Å². The standard InChI is InChI=1S/C18H14N2O3S/c21-18(13-1-2-16-17(8-13)23-11-22-16)20-9-12-3-5-19-15(7-12)14-4-6-24-10-14/h1-8,10H,9,11H2,(H,20,21). The maximum Gasteiger partial charge on any atom is 0.251 e. The number of aromatic nitrogens is 1. The molecule has 1 N–H and O–H groups in total. The second-order valence-corrected chi connectivity index (χ2v) is 6.09. The Morgan fingerprint density at radius 1 is 1.17 bits per heavy atom. The van der Waals surface area contributed by atoms with Gasteiger partial charge < -0.3 is 14.8 Å². The number of nitrogens with zero attached hydrogens (tertiary/aromatic N) is 1. The van der Waals surface area contributed by atoms with E-state index in [1.807, 2.05) is 23.6 Å². The first-order valence-electron chi connectivity index (χ1n) is 7.45. The maximum absolute atomic E-state index is 12.3. The third kappa shape index (κ3) is 2.96. The third-order valence-corrected chi connectivity index (χ3v) is 4.41. The van der Waals surface area contributed by atoms with E-state index in [-0.39, 0.29) is 12.7 Å². The molecule has 1 aliphatic heterocycles. The highest BCUT2D eigenvalue weighted by Gasteiger charge is 2.16. The summed E-state index contributed by atoms with van der Waals surface area (Å²) in [6.07, 6.45) is 1.76. The number of hydrogen-bond acceptors (Lipinski definition) is 5. The molecule has 3 heterocycles. The molecule has 6 heteroatoms. The summed E-state index contributed by atoms with van der Waals surface area (Å²) in [6, 6.07) is 11.1. The van der Waals surface area contributed by atoms with Gasteiger partial charge >= 0.3 is 0 Å². The first-order chi connectivity index (χ1) is 11.8. The minimum Gasteiger partial charge on any atom is -0.454 e. The number of nitrogens with one attached hydrogen (secondary N) is 1. The topological polar surface area (TPSA) is 60.5 Å². The predicted molar refractivity (Wildman–Crippen MR) is 91.3 cm³/mol. The minimum atomic E-state index is -0.151. The summed E-state index contributed by atoms with van der Waals surface area (Å²) >= 11 is 1.63. The van der Waals surface area contributed by atoms with E-state index in [4.69, 9.17) is 9.47 Å². The highest BCUT2D eigenvalue weighted by Crippen LogP contribution is 2.32. The molecule has 0 saturated heterocycles. The zero-order valence-electron chi connectivity index (χ0n) is 12.7. The Hall–Kier alpha value is -2.86. The summed E-state index contributed by atoms with van der Waals surface area (Å²) in [4.78, 5) is 16.7. The second kappa shape index (κ2) is 6.33. The molecule has 2 aromatic heterocycles. The largest absolute Gasteiger partial charge is 0.454 e. The van der Waals surface area contributed by atoms with Gasteiger partial charge in [0.2, 0.25) is 6.79 Å². The fourth-order valence-corrected chi connectivity index (χ4v) is 3.12. The van der Waals surface area contributed by atoms with Gasteiger partial charge in [0.05, 0.1) is 5.69 Å². The lowest BCUT2D eigenvalue weighted by Gasteiger charge is -2.07. The van der Waals surface area contributed by atoms with E-state index < -0.39 is 0 Å². The number of pyridine rings is 1. The molecule has 24 heavy (non-hydrogen) atoms. The van der Waals surface area contributed by atoms with Gasteiger partial charge in [-0.2, -0.15) is 11.3 Å². The van der Waals surface area contributed by atoms with Crippen molar-refractivity contribution in [3.05, 3.63) is 64.5 Å². The fraction of sp³-hybridized carbons (Fsp3) is 0.111. The molecule has 0 bridgehead atoms. The number of ether oxygens (including phenoxy) is 2. The van der Waals surface area contributed by atoms with Crippen LogP contribution in [0.4, 0.5) is 0 Å².